The average Bonchev–Trinajstić information content (AvgIpc) is 2.01. The molecule has 9 heteroatoms. The third-order valence-corrected chi connectivity index (χ3v) is 3.13. The first-order valence-electron chi connectivity index (χ1n) is 4.43. The van der Waals surface area contributed by atoms with Crippen LogP contribution in [0.15, 0.2) is 0 Å². The van der Waals surface area contributed by atoms with Crippen molar-refractivity contribution in [2.75, 3.05) is 26.3 Å². The van der Waals surface area contributed by atoms with Gasteiger partial charge in [-0.15, -0.1) is 0 Å². The fourth-order valence-electron chi connectivity index (χ4n) is 1.35. The Balaban J connectivity index is 0. The molecule has 0 radical (unpaired) electrons. The first-order valence-corrected chi connectivity index (χ1v) is 5.90. The van der Waals surface area contributed by atoms with Gasteiger partial charge in [0.25, 0.3) is 0 Å². The fraction of sp³-hybridized carbons (Fsp3) is 1.00. The maximum Gasteiger partial charge on any atom is 1.00 e. The monoisotopic (exact) mass is 265 g/mol. The van der Waals surface area contributed by atoms with E-state index in [1.54, 1.807) is 0 Å². The first-order chi connectivity index (χ1) is 6.84. The molecule has 0 heterocycles. The van der Waals surface area contributed by atoms with E-state index >= 15 is 0 Å². The van der Waals surface area contributed by atoms with Gasteiger partial charge in [0, 0.05) is 13.1 Å². The quantitative estimate of drug-likeness (QED) is 0.310. The minimum Gasteiger partial charge on any atom is -0.747 e. The number of rotatable bonds is 7. The van der Waals surface area contributed by atoms with Crippen molar-refractivity contribution in [1.82, 2.24) is 4.90 Å². The van der Waals surface area contributed by atoms with Crippen LogP contribution in [0.1, 0.15) is 6.92 Å². The summed E-state index contributed by atoms with van der Waals surface area (Å²) in [7, 11) is -4.70. The Morgan fingerprint density at radius 1 is 1.25 bits per heavy atom. The molecule has 0 aromatic rings. The van der Waals surface area contributed by atoms with E-state index in [0.717, 1.165) is 4.90 Å². The molecule has 7 nitrogen and oxygen atoms in total. The zero-order valence-corrected chi connectivity index (χ0v) is 12.2. The van der Waals surface area contributed by atoms with Gasteiger partial charge in [-0.3, -0.25) is 4.90 Å². The predicted molar refractivity (Wildman–Crippen MR) is 50.9 cm³/mol. The van der Waals surface area contributed by atoms with E-state index in [-0.39, 0.29) is 55.9 Å². The van der Waals surface area contributed by atoms with E-state index < -0.39 is 21.6 Å². The second kappa shape index (κ2) is 8.78. The average molecular weight is 265 g/mol. The van der Waals surface area contributed by atoms with Crippen LogP contribution in [0.5, 0.6) is 0 Å². The molecular weight excluding hydrogens is 249 g/mol. The van der Waals surface area contributed by atoms with Gasteiger partial charge in [0.15, 0.2) is 0 Å². The summed E-state index contributed by atoms with van der Waals surface area (Å²) in [6.45, 7) is 0.245. The van der Waals surface area contributed by atoms with E-state index in [4.69, 9.17) is 10.2 Å². The minimum absolute atomic E-state index is 0. The molecule has 0 spiro atoms. The van der Waals surface area contributed by atoms with Crippen molar-refractivity contribution in [3.63, 3.8) is 0 Å². The topological polar surface area (TPSA) is 121 Å². The Morgan fingerprint density at radius 2 is 1.62 bits per heavy atom. The first kappa shape index (κ1) is 19.1. The second-order valence-electron chi connectivity index (χ2n) is 3.11. The summed E-state index contributed by atoms with van der Waals surface area (Å²) in [5, 5.41) is 24.9. The molecule has 0 aromatic carbocycles. The zero-order chi connectivity index (χ0) is 12.1. The maximum absolute atomic E-state index is 10.8. The molecule has 2 unspecified atom stereocenters. The number of hydrogen-bond acceptors (Lipinski definition) is 7. The molecule has 92 valence electrons. The van der Waals surface area contributed by atoms with Gasteiger partial charge in [0.05, 0.1) is 19.3 Å². The van der Waals surface area contributed by atoms with Crippen molar-refractivity contribution >= 4 is 10.1 Å². The predicted octanol–water partition coefficient (Wildman–Crippen LogP) is -5.47. The Morgan fingerprint density at radius 3 is 1.81 bits per heavy atom. The molecule has 0 aliphatic carbocycles. The van der Waals surface area contributed by atoms with Gasteiger partial charge < -0.3 is 19.9 Å². The van der Waals surface area contributed by atoms with Gasteiger partial charge in [-0.1, -0.05) is 0 Å². The van der Waals surface area contributed by atoms with Crippen LogP contribution in [0.3, 0.4) is 0 Å². The van der Waals surface area contributed by atoms with Crippen LogP contribution in [-0.2, 0) is 10.1 Å². The third-order valence-electron chi connectivity index (χ3n) is 1.84. The summed E-state index contributed by atoms with van der Waals surface area (Å²) in [4.78, 5) is 1.03. The standard InChI is InChI=1S/C7H17NO6S.Na/c1-6(11)7(15(12,13)14)8(2-4-9)3-5-10;/h6-7,9-11H,2-5H2,1H3,(H,12,13,14);/q;+1/p-1. The molecule has 0 aliphatic heterocycles. The van der Waals surface area contributed by atoms with Gasteiger partial charge in [-0.2, -0.15) is 0 Å². The number of aliphatic hydroxyl groups excluding tert-OH is 3. The Kier molecular flexibility index (Phi) is 10.5. The van der Waals surface area contributed by atoms with Crippen molar-refractivity contribution in [2.45, 2.75) is 18.4 Å². The Labute approximate surface area is 117 Å². The van der Waals surface area contributed by atoms with Crippen molar-refractivity contribution in [2.24, 2.45) is 0 Å². The van der Waals surface area contributed by atoms with Gasteiger partial charge in [0.1, 0.15) is 15.5 Å². The second-order valence-corrected chi connectivity index (χ2v) is 4.58. The smallest absolute Gasteiger partial charge is 0.747 e. The molecule has 0 rings (SSSR count). The van der Waals surface area contributed by atoms with Crippen molar-refractivity contribution in [3.05, 3.63) is 0 Å². The zero-order valence-electron chi connectivity index (χ0n) is 9.40. The van der Waals surface area contributed by atoms with Gasteiger partial charge in [-0.05, 0) is 6.92 Å². The van der Waals surface area contributed by atoms with Crippen LogP contribution < -0.4 is 29.6 Å². The van der Waals surface area contributed by atoms with Crippen molar-refractivity contribution in [1.29, 1.82) is 0 Å². The van der Waals surface area contributed by atoms with Crippen LogP contribution in [0.25, 0.3) is 0 Å². The van der Waals surface area contributed by atoms with Crippen molar-refractivity contribution in [3.8, 4) is 0 Å². The molecular formula is C7H16NNaO6S. The minimum atomic E-state index is -4.70. The van der Waals surface area contributed by atoms with E-state index in [9.17, 15) is 18.1 Å². The maximum atomic E-state index is 10.8. The van der Waals surface area contributed by atoms with Gasteiger partial charge in [-0.25, -0.2) is 8.42 Å². The van der Waals surface area contributed by atoms with Crippen molar-refractivity contribution < 1.29 is 57.8 Å². The van der Waals surface area contributed by atoms with E-state index in [1.165, 1.54) is 6.92 Å². The third kappa shape index (κ3) is 6.48. The normalized spacial score (nSPS) is 15.6. The van der Waals surface area contributed by atoms with E-state index in [0.29, 0.717) is 0 Å². The summed E-state index contributed by atoms with van der Waals surface area (Å²) >= 11 is 0. The Bertz CT molecular complexity index is 264. The summed E-state index contributed by atoms with van der Waals surface area (Å²) < 4.78 is 32.5. The largest absolute Gasteiger partial charge is 1.00 e. The Hall–Kier alpha value is 0.750. The van der Waals surface area contributed by atoms with E-state index in [1.807, 2.05) is 0 Å². The fourth-order valence-corrected chi connectivity index (χ4v) is 2.41. The molecule has 0 saturated heterocycles. The summed E-state index contributed by atoms with van der Waals surface area (Å²) in [6.07, 6.45) is -1.38. The van der Waals surface area contributed by atoms with Crippen LogP contribution in [0, 0.1) is 0 Å². The van der Waals surface area contributed by atoms with Crippen LogP contribution in [-0.4, -0.2) is 71.0 Å². The molecule has 0 bridgehead atoms. The molecule has 0 amide bonds. The molecule has 0 aromatic heterocycles. The molecule has 3 N–H and O–H groups in total. The number of nitrogens with zero attached hydrogens (tertiary/aromatic N) is 1. The SMILES string of the molecule is CC(O)C(N(CCO)CCO)S(=O)(=O)[O-].[Na+]. The van der Waals surface area contributed by atoms with Crippen LogP contribution in [0.2, 0.25) is 0 Å². The van der Waals surface area contributed by atoms with Gasteiger partial charge >= 0.3 is 29.6 Å². The number of hydrogen-bond donors (Lipinski definition) is 3. The number of aliphatic hydroxyl groups is 3. The van der Waals surface area contributed by atoms with Gasteiger partial charge in [0.2, 0.25) is 0 Å². The molecule has 0 saturated carbocycles. The molecule has 0 aliphatic rings. The molecule has 2 atom stereocenters. The van der Waals surface area contributed by atoms with Crippen LogP contribution in [0.4, 0.5) is 0 Å². The summed E-state index contributed by atoms with van der Waals surface area (Å²) in [6, 6.07) is 0. The van der Waals surface area contributed by atoms with E-state index in [2.05, 4.69) is 0 Å². The molecule has 0 fully saturated rings. The molecule has 16 heavy (non-hydrogen) atoms. The summed E-state index contributed by atoms with van der Waals surface area (Å²) in [5.74, 6) is 0. The van der Waals surface area contributed by atoms with Crippen LogP contribution >= 0.6 is 0 Å². The summed E-state index contributed by atoms with van der Waals surface area (Å²) in [5.41, 5.74) is 0.